The number of aliphatic carboxylic acids is 4. The Morgan fingerprint density at radius 1 is 0.545 bits per heavy atom. The number of nitrogens with two attached hydrogens (primary N) is 2. The lowest BCUT2D eigenvalue weighted by Crippen LogP contribution is -2.62. The number of carboxylic acids is 4. The van der Waals surface area contributed by atoms with E-state index in [9.17, 15) is 126 Å². The summed E-state index contributed by atoms with van der Waals surface area (Å²) in [5.74, 6) is -30.7. The highest BCUT2D eigenvalue weighted by atomic mass is 19.1. The molecule has 2 heterocycles. The van der Waals surface area contributed by atoms with Gasteiger partial charge in [0.05, 0.1) is 51.8 Å². The van der Waals surface area contributed by atoms with Crippen LogP contribution >= 0.6 is 0 Å². The second-order valence-electron chi connectivity index (χ2n) is 29.2. The Morgan fingerprint density at radius 3 is 1.72 bits per heavy atom. The van der Waals surface area contributed by atoms with Gasteiger partial charge in [-0.05, 0) is 75.4 Å². The van der Waals surface area contributed by atoms with Gasteiger partial charge in [-0.25, -0.2) is 9.18 Å². The fourth-order valence-corrected chi connectivity index (χ4v) is 12.7. The summed E-state index contributed by atoms with van der Waals surface area (Å²) < 4.78 is 20.3. The van der Waals surface area contributed by atoms with Crippen molar-refractivity contribution in [3.05, 3.63) is 102 Å². The van der Waals surface area contributed by atoms with Crippen molar-refractivity contribution in [2.75, 3.05) is 32.0 Å². The highest BCUT2D eigenvalue weighted by Gasteiger charge is 2.41. The molecule has 1 aromatic heterocycles. The zero-order chi connectivity index (χ0) is 91.2. The van der Waals surface area contributed by atoms with Crippen molar-refractivity contribution in [2.24, 2.45) is 11.7 Å². The van der Waals surface area contributed by atoms with Crippen LogP contribution in [0.15, 0.2) is 79.0 Å². The van der Waals surface area contributed by atoms with Gasteiger partial charge in [-0.3, -0.25) is 91.1 Å². The van der Waals surface area contributed by atoms with Crippen molar-refractivity contribution in [3.8, 4) is 0 Å². The number of carbonyl (C=O) groups is 20. The summed E-state index contributed by atoms with van der Waals surface area (Å²) in [6, 6.07) is -5.28. The minimum Gasteiger partial charge on any atom is -0.481 e. The first-order chi connectivity index (χ1) is 58.3. The third-order valence-corrected chi connectivity index (χ3v) is 19.3. The van der Waals surface area contributed by atoms with Gasteiger partial charge in [0.2, 0.25) is 82.7 Å². The lowest BCUT2D eigenvalue weighted by atomic mass is 9.96. The van der Waals surface area contributed by atoms with E-state index in [1.165, 1.54) is 42.5 Å². The van der Waals surface area contributed by atoms with Crippen LogP contribution in [0.25, 0.3) is 10.9 Å². The van der Waals surface area contributed by atoms with Gasteiger partial charge in [-0.15, -0.1) is 0 Å². The van der Waals surface area contributed by atoms with Crippen molar-refractivity contribution < 1.29 is 131 Å². The normalized spacial score (nSPS) is 20.6. The first-order valence-electron chi connectivity index (χ1n) is 39.5. The Labute approximate surface area is 703 Å². The number of primary amides is 1. The van der Waals surface area contributed by atoms with Crippen LogP contribution in [0.3, 0.4) is 0 Å². The predicted octanol–water partition coefficient (Wildman–Crippen LogP) is -3.65. The van der Waals surface area contributed by atoms with E-state index in [-0.39, 0.29) is 49.2 Å². The number of cyclic esters (lactones) is 1. The summed E-state index contributed by atoms with van der Waals surface area (Å²) in [5, 5.41) is 82.1. The number of ketones is 1. The monoisotopic (exact) mass is 1730 g/mol. The number of anilines is 1. The highest BCUT2D eigenvalue weighted by molar-refractivity contribution is 6.05. The van der Waals surface area contributed by atoms with E-state index in [1.54, 1.807) is 36.5 Å². The van der Waals surface area contributed by atoms with Gasteiger partial charge in [0.15, 0.2) is 5.78 Å². The number of carbonyl (C=O) groups excluding carboxylic acids is 16. The van der Waals surface area contributed by atoms with E-state index in [2.05, 4.69) is 70.4 Å². The summed E-state index contributed by atoms with van der Waals surface area (Å²) in [5.41, 5.74) is 12.6. The molecular formula is C79H106FN17O26. The van der Waals surface area contributed by atoms with Crippen LogP contribution in [-0.4, -0.2) is 248 Å². The molecule has 123 heavy (non-hydrogen) atoms. The first kappa shape index (κ1) is 100. The number of nitrogen functional groups attached to an aromatic ring is 1. The molecule has 1 fully saturated rings. The van der Waals surface area contributed by atoms with Gasteiger partial charge in [-0.2, -0.15) is 0 Å². The minimum atomic E-state index is -2.48. The molecule has 0 radical (unpaired) electrons. The first-order valence-corrected chi connectivity index (χ1v) is 39.5. The number of ether oxygens (including phenoxy) is 1. The van der Waals surface area contributed by atoms with Crippen LogP contribution in [-0.2, 0) is 109 Å². The molecule has 1 saturated heterocycles. The van der Waals surface area contributed by atoms with Crippen molar-refractivity contribution in [1.82, 2.24) is 79.4 Å². The standard InChI is InChI=1S/C79H106FN17O26/c1-5-6-7-8-9-10-11-26-60(101)89-51(29-44-36-84-49-24-17-14-20-45(44)49)73(116)92-52(31-59(82)100)74(117)94-55(34-66(110)111)75(118)97-68-42(4)123-79(122)56(30-58(99)46-21-13-16-23-48(46)81)95-78(121)67(40(2)28-63(104)105)96-76(119)57(39-98)90-62(103)37-85-70(113)53(32-64(106)107)91-69(112)41(3)87-72(115)54(33-65(108)109)93-71(114)50(88-61(102)38-86-77(68)120)25-18-27-83-35-43-19-12-15-22-47(43)80/h12-17,19-24,36,40-42,50-57,67-68,83-84,98H,5-11,18,25-35,37-39,81H2,1-4H3,(H2,82,100)(H,85,113)(H,86,120)(H,87,115)(H,88,102)(H,89,101)(H,90,103)(H,91,112)(H,92,116)(H,93,114)(H,94,117)(H,95,121)(H,96,119)(H,97,118)(H,104,105)(H,106,107)(H,108,109)(H,110,111)/t40-,41-,42?,50+,51+,52+,53+,54?,55+,56+,57-,67?,68?/m1/s1. The Morgan fingerprint density at radius 2 is 1.10 bits per heavy atom. The molecule has 44 heteroatoms. The van der Waals surface area contributed by atoms with Crippen molar-refractivity contribution >= 4 is 135 Å². The maximum Gasteiger partial charge on any atom is 0.329 e. The lowest BCUT2D eigenvalue weighted by molar-refractivity contribution is -0.156. The Kier molecular flexibility index (Phi) is 41.1. The van der Waals surface area contributed by atoms with Crippen LogP contribution in [0, 0.1) is 11.7 Å². The number of H-pyrrole nitrogens is 1. The number of aliphatic hydroxyl groups excluding tert-OH is 1. The van der Waals surface area contributed by atoms with Crippen LogP contribution in [0.1, 0.15) is 152 Å². The molecular weight excluding hydrogens is 1620 g/mol. The molecule has 43 nitrogen and oxygen atoms in total. The molecule has 670 valence electrons. The van der Waals surface area contributed by atoms with E-state index in [0.29, 0.717) is 29.3 Å². The van der Waals surface area contributed by atoms with Gasteiger partial charge in [-0.1, -0.05) is 101 Å². The molecule has 0 saturated carbocycles. The number of amides is 14. The van der Waals surface area contributed by atoms with Crippen molar-refractivity contribution in [1.29, 1.82) is 0 Å². The highest BCUT2D eigenvalue weighted by Crippen LogP contribution is 2.22. The number of hydrogen-bond donors (Lipinski definition) is 22. The Bertz CT molecular complexity index is 4490. The number of carboxylic acid groups (broad SMARTS) is 4. The smallest absolute Gasteiger partial charge is 0.329 e. The Balaban J connectivity index is 1.63. The molecule has 3 aromatic carbocycles. The van der Waals surface area contributed by atoms with Gasteiger partial charge < -0.3 is 121 Å². The average molecular weight is 1730 g/mol. The fourth-order valence-electron chi connectivity index (χ4n) is 12.7. The largest absolute Gasteiger partial charge is 0.481 e. The summed E-state index contributed by atoms with van der Waals surface area (Å²) >= 11 is 0. The number of aromatic nitrogens is 1. The number of nitrogens with one attached hydrogen (secondary N) is 15. The lowest BCUT2D eigenvalue weighted by Gasteiger charge is -2.30. The summed E-state index contributed by atoms with van der Waals surface area (Å²) in [6.07, 6.45) is -2.62. The van der Waals surface area contributed by atoms with Gasteiger partial charge >= 0.3 is 29.8 Å². The number of aliphatic hydroxyl groups is 1. The zero-order valence-electron chi connectivity index (χ0n) is 67.9. The summed E-state index contributed by atoms with van der Waals surface area (Å²) in [6.45, 7) is 1.07. The summed E-state index contributed by atoms with van der Waals surface area (Å²) in [4.78, 5) is 279. The zero-order valence-corrected chi connectivity index (χ0v) is 67.9. The van der Waals surface area contributed by atoms with Crippen LogP contribution in [0.4, 0.5) is 10.1 Å². The molecule has 5 rings (SSSR count). The average Bonchev–Trinajstić information content (AvgIpc) is 1.74. The quantitative estimate of drug-likeness (QED) is 0.00890. The number of unbranched alkanes of at least 4 members (excludes halogenated alkanes) is 6. The number of halogens is 1. The predicted molar refractivity (Wildman–Crippen MR) is 429 cm³/mol. The second kappa shape index (κ2) is 50.5. The van der Waals surface area contributed by atoms with E-state index in [1.807, 2.05) is 16.0 Å². The SMILES string of the molecule is CCCCCCCCCC(=O)N[C@@H](Cc1c[nH]c2ccccc12)C(=O)N[C@@H](CC(N)=O)C(=O)N[C@@H](CC(=O)O)C(=O)NC1C(=O)NCC(=O)N[C@@H](CCCNCc2ccccc2F)C(=O)NC(CC(=O)O)C(=O)N[C@H](C)C(=O)N[C@@H](CC(=O)O)C(=O)NCC(=O)N[C@H](CO)C(=O)NC([C@H](C)CC(=O)O)C(=O)N[C@@H](CC(=O)c2ccccc2N)C(=O)OC1C. The number of Topliss-reactive ketones (excluding diaryl/α,β-unsaturated/α-hetero) is 1. The van der Waals surface area contributed by atoms with E-state index < -0.39 is 267 Å². The number of fused-ring (bicyclic) bond motifs is 1. The molecule has 14 amide bonds. The molecule has 4 unspecified atom stereocenters. The minimum absolute atomic E-state index is 0.0279. The number of rotatable bonds is 38. The van der Waals surface area contributed by atoms with E-state index >= 15 is 0 Å². The molecule has 0 bridgehead atoms. The van der Waals surface area contributed by atoms with Crippen LogP contribution in [0.5, 0.6) is 0 Å². The molecule has 0 aliphatic carbocycles. The number of para-hydroxylation sites is 2. The molecule has 13 atom stereocenters. The maximum absolute atomic E-state index is 15.0. The second-order valence-corrected chi connectivity index (χ2v) is 29.2. The number of aromatic amines is 1. The molecule has 24 N–H and O–H groups in total. The Hall–Kier alpha value is -13.5. The topological polar surface area (TPSA) is 688 Å². The van der Waals surface area contributed by atoms with Crippen molar-refractivity contribution in [3.63, 3.8) is 0 Å². The van der Waals surface area contributed by atoms with E-state index in [4.69, 9.17) is 16.2 Å². The summed E-state index contributed by atoms with van der Waals surface area (Å²) in [7, 11) is 0. The third-order valence-electron chi connectivity index (χ3n) is 19.3. The van der Waals surface area contributed by atoms with Gasteiger partial charge in [0.1, 0.15) is 78.4 Å². The molecule has 0 spiro atoms. The molecule has 4 aromatic rings. The van der Waals surface area contributed by atoms with Crippen LogP contribution < -0.4 is 85.9 Å². The van der Waals surface area contributed by atoms with E-state index in [0.717, 1.165) is 52.9 Å². The van der Waals surface area contributed by atoms with Gasteiger partial charge in [0, 0.05) is 59.7 Å². The number of benzene rings is 3. The van der Waals surface area contributed by atoms with Crippen molar-refractivity contribution in [2.45, 2.75) is 216 Å². The third kappa shape index (κ3) is 34.2. The van der Waals surface area contributed by atoms with Crippen LogP contribution in [0.2, 0.25) is 0 Å². The molecule has 1 aliphatic rings. The molecule has 1 aliphatic heterocycles. The number of esters is 1. The number of hydrogen-bond acceptors (Lipinski definition) is 24. The fraction of sp³-hybridized carbons (Fsp3) is 0.494. The van der Waals surface area contributed by atoms with Gasteiger partial charge in [0.25, 0.3) is 0 Å². The maximum atomic E-state index is 15.0.